The van der Waals surface area contributed by atoms with Crippen molar-refractivity contribution in [2.75, 3.05) is 30.5 Å². The second-order valence-electron chi connectivity index (χ2n) is 6.89. The normalized spacial score (nSPS) is 11.8. The Bertz CT molecular complexity index is 1130. The Morgan fingerprint density at radius 2 is 1.88 bits per heavy atom. The fraction of sp³-hybridized carbons (Fsp3) is 0.250. The molecule has 0 fully saturated rings. The first-order valence-corrected chi connectivity index (χ1v) is 10.5. The van der Waals surface area contributed by atoms with Crippen LogP contribution in [0.2, 0.25) is 0 Å². The van der Waals surface area contributed by atoms with E-state index in [-0.39, 0.29) is 19.3 Å². The first kappa shape index (κ1) is 23.7. The fourth-order valence-electron chi connectivity index (χ4n) is 3.16. The molecule has 0 aliphatic heterocycles. The lowest BCUT2D eigenvalue weighted by molar-refractivity contribution is -0.137. The molecule has 0 radical (unpaired) electrons. The molecule has 3 N–H and O–H groups in total. The van der Waals surface area contributed by atoms with Crippen molar-refractivity contribution in [3.63, 3.8) is 0 Å². The molecule has 0 aliphatic carbocycles. The smallest absolute Gasteiger partial charge is 0.330 e. The van der Waals surface area contributed by atoms with E-state index in [1.807, 2.05) is 37.3 Å². The Balaban J connectivity index is 1.94. The van der Waals surface area contributed by atoms with E-state index in [4.69, 9.17) is 9.47 Å². The molecule has 3 rings (SSSR count). The van der Waals surface area contributed by atoms with Gasteiger partial charge in [-0.2, -0.15) is 0 Å². The highest BCUT2D eigenvalue weighted by atomic mass is 16.5. The quantitative estimate of drug-likeness (QED) is 0.318. The summed E-state index contributed by atoms with van der Waals surface area (Å²) >= 11 is 0. The molecule has 0 saturated heterocycles. The minimum absolute atomic E-state index is 0.144. The lowest BCUT2D eigenvalue weighted by Crippen LogP contribution is -2.16. The summed E-state index contributed by atoms with van der Waals surface area (Å²) in [6.07, 6.45) is 3.57. The van der Waals surface area contributed by atoms with Crippen LogP contribution >= 0.6 is 0 Å². The number of anilines is 2. The Morgan fingerprint density at radius 1 is 1.09 bits per heavy atom. The molecule has 2 aromatic carbocycles. The van der Waals surface area contributed by atoms with Gasteiger partial charge in [0.1, 0.15) is 17.9 Å². The molecule has 1 aromatic heterocycles. The standard InChI is InChI=1S/C24H26N4O5/c1-3-32-21-13-18-17(12-19(21)27-22(30)10-11-23(31)33-4-2)24(26-15-25-18)28-20(14-29)16-8-6-5-7-9-16/h5-13,15,20,29H,3-4,14H2,1-2H3,(H,27,30)(H,25,26,28). The van der Waals surface area contributed by atoms with Gasteiger partial charge in [0.25, 0.3) is 0 Å². The maximum atomic E-state index is 12.4. The van der Waals surface area contributed by atoms with Crippen molar-refractivity contribution in [2.45, 2.75) is 19.9 Å². The second kappa shape index (κ2) is 11.6. The molecular weight excluding hydrogens is 424 g/mol. The van der Waals surface area contributed by atoms with Gasteiger partial charge in [0, 0.05) is 23.6 Å². The minimum Gasteiger partial charge on any atom is -0.492 e. The highest BCUT2D eigenvalue weighted by Crippen LogP contribution is 2.33. The first-order chi connectivity index (χ1) is 16.0. The summed E-state index contributed by atoms with van der Waals surface area (Å²) < 4.78 is 10.5. The number of ether oxygens (including phenoxy) is 2. The van der Waals surface area contributed by atoms with E-state index >= 15 is 0 Å². The number of carbonyl (C=O) groups is 2. The number of nitrogens with zero attached hydrogens (tertiary/aromatic N) is 2. The van der Waals surface area contributed by atoms with E-state index in [0.29, 0.717) is 34.8 Å². The van der Waals surface area contributed by atoms with E-state index in [9.17, 15) is 14.7 Å². The summed E-state index contributed by atoms with van der Waals surface area (Å²) in [6.45, 7) is 3.97. The number of carbonyl (C=O) groups excluding carboxylic acids is 2. The number of fused-ring (bicyclic) bond motifs is 1. The number of aliphatic hydroxyl groups excluding tert-OH is 1. The Labute approximate surface area is 191 Å². The fourth-order valence-corrected chi connectivity index (χ4v) is 3.16. The van der Waals surface area contributed by atoms with Crippen molar-refractivity contribution in [3.05, 3.63) is 66.5 Å². The maximum Gasteiger partial charge on any atom is 0.330 e. The average Bonchev–Trinajstić information content (AvgIpc) is 2.82. The van der Waals surface area contributed by atoms with E-state index in [2.05, 4.69) is 20.6 Å². The Morgan fingerprint density at radius 3 is 2.58 bits per heavy atom. The van der Waals surface area contributed by atoms with Crippen LogP contribution < -0.4 is 15.4 Å². The van der Waals surface area contributed by atoms with Crippen LogP contribution in [0.4, 0.5) is 11.5 Å². The van der Waals surface area contributed by atoms with Crippen LogP contribution in [0, 0.1) is 0 Å². The molecule has 9 heteroatoms. The van der Waals surface area contributed by atoms with Gasteiger partial charge >= 0.3 is 5.97 Å². The van der Waals surface area contributed by atoms with Gasteiger partial charge in [-0.3, -0.25) is 4.79 Å². The van der Waals surface area contributed by atoms with Gasteiger partial charge in [0.05, 0.1) is 37.1 Å². The Hall–Kier alpha value is -3.98. The highest BCUT2D eigenvalue weighted by molar-refractivity contribution is 6.05. The molecule has 1 unspecified atom stereocenters. The molecule has 3 aromatic rings. The summed E-state index contributed by atoms with van der Waals surface area (Å²) in [7, 11) is 0. The number of aliphatic hydroxyl groups is 1. The van der Waals surface area contributed by atoms with Crippen molar-refractivity contribution >= 4 is 34.3 Å². The van der Waals surface area contributed by atoms with Crippen molar-refractivity contribution in [2.24, 2.45) is 0 Å². The van der Waals surface area contributed by atoms with Gasteiger partial charge in [-0.1, -0.05) is 30.3 Å². The van der Waals surface area contributed by atoms with Crippen LogP contribution in [0.1, 0.15) is 25.5 Å². The number of esters is 1. The number of aromatic nitrogens is 2. The molecule has 0 bridgehead atoms. The van der Waals surface area contributed by atoms with Gasteiger partial charge < -0.3 is 25.2 Å². The summed E-state index contributed by atoms with van der Waals surface area (Å²) in [4.78, 5) is 32.5. The summed E-state index contributed by atoms with van der Waals surface area (Å²) in [5, 5.41) is 16.5. The van der Waals surface area contributed by atoms with Gasteiger partial charge in [-0.25, -0.2) is 14.8 Å². The molecule has 33 heavy (non-hydrogen) atoms. The predicted molar refractivity (Wildman–Crippen MR) is 125 cm³/mol. The largest absolute Gasteiger partial charge is 0.492 e. The number of hydrogen-bond acceptors (Lipinski definition) is 8. The van der Waals surface area contributed by atoms with E-state index in [0.717, 1.165) is 17.7 Å². The van der Waals surface area contributed by atoms with Crippen LogP contribution in [0.25, 0.3) is 10.9 Å². The zero-order valence-corrected chi connectivity index (χ0v) is 18.4. The van der Waals surface area contributed by atoms with Crippen LogP contribution in [0.5, 0.6) is 5.75 Å². The van der Waals surface area contributed by atoms with Gasteiger partial charge in [0.15, 0.2) is 0 Å². The number of nitrogens with one attached hydrogen (secondary N) is 2. The zero-order valence-electron chi connectivity index (χ0n) is 18.4. The average molecular weight is 450 g/mol. The number of amides is 1. The lowest BCUT2D eigenvalue weighted by atomic mass is 10.1. The van der Waals surface area contributed by atoms with Gasteiger partial charge in [0.2, 0.25) is 5.91 Å². The monoisotopic (exact) mass is 450 g/mol. The number of benzene rings is 2. The molecule has 0 aliphatic rings. The SMILES string of the molecule is CCOC(=O)C=CC(=O)Nc1cc2c(NC(CO)c3ccccc3)ncnc2cc1OCC. The minimum atomic E-state index is -0.605. The van der Waals surface area contributed by atoms with Crippen molar-refractivity contribution in [3.8, 4) is 5.75 Å². The molecular formula is C24H26N4O5. The summed E-state index contributed by atoms with van der Waals surface area (Å²) in [6, 6.07) is 12.5. The van der Waals surface area contributed by atoms with Crippen LogP contribution in [-0.4, -0.2) is 46.8 Å². The van der Waals surface area contributed by atoms with E-state index in [1.165, 1.54) is 6.33 Å². The van der Waals surface area contributed by atoms with Gasteiger partial charge in [-0.05, 0) is 25.5 Å². The second-order valence-corrected chi connectivity index (χ2v) is 6.89. The third kappa shape index (κ3) is 6.27. The predicted octanol–water partition coefficient (Wildman–Crippen LogP) is 3.23. The maximum absolute atomic E-state index is 12.4. The molecule has 1 atom stereocenters. The van der Waals surface area contributed by atoms with E-state index in [1.54, 1.807) is 19.1 Å². The topological polar surface area (TPSA) is 123 Å². The van der Waals surface area contributed by atoms with Crippen LogP contribution in [-0.2, 0) is 14.3 Å². The molecule has 9 nitrogen and oxygen atoms in total. The molecule has 0 saturated carbocycles. The zero-order chi connectivity index (χ0) is 23.6. The van der Waals surface area contributed by atoms with Crippen molar-refractivity contribution < 1.29 is 24.2 Å². The highest BCUT2D eigenvalue weighted by Gasteiger charge is 2.16. The van der Waals surface area contributed by atoms with Crippen molar-refractivity contribution in [1.29, 1.82) is 0 Å². The number of hydrogen-bond donors (Lipinski definition) is 3. The van der Waals surface area contributed by atoms with Crippen LogP contribution in [0.3, 0.4) is 0 Å². The van der Waals surface area contributed by atoms with Crippen molar-refractivity contribution in [1.82, 2.24) is 9.97 Å². The summed E-state index contributed by atoms with van der Waals surface area (Å²) in [5.41, 5.74) is 1.89. The molecule has 1 amide bonds. The number of rotatable bonds is 10. The summed E-state index contributed by atoms with van der Waals surface area (Å²) in [5.74, 6) is -0.211. The first-order valence-electron chi connectivity index (χ1n) is 10.5. The molecule has 172 valence electrons. The third-order valence-corrected chi connectivity index (χ3v) is 4.65. The van der Waals surface area contributed by atoms with Gasteiger partial charge in [-0.15, -0.1) is 0 Å². The third-order valence-electron chi connectivity index (χ3n) is 4.65. The molecule has 1 heterocycles. The molecule has 0 spiro atoms. The lowest BCUT2D eigenvalue weighted by Gasteiger charge is -2.19. The Kier molecular flexibility index (Phi) is 8.31. The van der Waals surface area contributed by atoms with E-state index < -0.39 is 11.9 Å². The van der Waals surface area contributed by atoms with Crippen LogP contribution in [0.15, 0.2) is 60.9 Å².